The summed E-state index contributed by atoms with van der Waals surface area (Å²) in [6.07, 6.45) is -4.14. The van der Waals surface area contributed by atoms with Gasteiger partial charge in [0.15, 0.2) is 6.61 Å². The molecule has 0 N–H and O–H groups in total. The first-order chi connectivity index (χ1) is 14.5. The molecule has 2 aliphatic carbocycles. The summed E-state index contributed by atoms with van der Waals surface area (Å²) < 4.78 is 53.2. The van der Waals surface area contributed by atoms with Gasteiger partial charge in [0.05, 0.1) is 11.3 Å². The van der Waals surface area contributed by atoms with Crippen LogP contribution >= 0.6 is 0 Å². The molecule has 2 bridgehead atoms. The van der Waals surface area contributed by atoms with Crippen LogP contribution in [0.1, 0.15) is 54.9 Å². The fourth-order valence-corrected chi connectivity index (χ4v) is 5.03. The van der Waals surface area contributed by atoms with Gasteiger partial charge in [-0.3, -0.25) is 14.4 Å². The Balaban J connectivity index is 2.32. The molecule has 7 atom stereocenters. The number of carbonyl (C=O) groups excluding carboxylic acids is 3. The lowest BCUT2D eigenvalue weighted by Gasteiger charge is -2.41. The van der Waals surface area contributed by atoms with Gasteiger partial charge >= 0.3 is 18.1 Å². The van der Waals surface area contributed by atoms with Crippen LogP contribution < -0.4 is 0 Å². The lowest BCUT2D eigenvalue weighted by molar-refractivity contribution is -0.198. The Morgan fingerprint density at radius 3 is 2.09 bits per heavy atom. The van der Waals surface area contributed by atoms with E-state index in [0.717, 1.165) is 5.57 Å². The van der Waals surface area contributed by atoms with E-state index in [-0.39, 0.29) is 18.3 Å². The van der Waals surface area contributed by atoms with E-state index in [0.29, 0.717) is 6.42 Å². The molecule has 0 amide bonds. The van der Waals surface area contributed by atoms with Gasteiger partial charge in [-0.05, 0) is 38.5 Å². The van der Waals surface area contributed by atoms with Crippen molar-refractivity contribution in [2.24, 2.45) is 34.5 Å². The molecule has 0 aromatic rings. The van der Waals surface area contributed by atoms with Gasteiger partial charge in [-0.25, -0.2) is 0 Å². The maximum absolute atomic E-state index is 13.4. The van der Waals surface area contributed by atoms with Crippen molar-refractivity contribution in [3.05, 3.63) is 11.6 Å². The maximum Gasteiger partial charge on any atom is 0.422 e. The molecule has 0 spiro atoms. The Kier molecular flexibility index (Phi) is 7.42. The summed E-state index contributed by atoms with van der Waals surface area (Å²) in [7, 11) is 0. The normalized spacial score (nSPS) is 31.4. The number of esters is 2. The van der Waals surface area contributed by atoms with Crippen molar-refractivity contribution >= 4 is 18.4 Å². The zero-order chi connectivity index (χ0) is 24.6. The van der Waals surface area contributed by atoms with Crippen LogP contribution in [-0.2, 0) is 28.6 Å². The van der Waals surface area contributed by atoms with E-state index >= 15 is 0 Å². The van der Waals surface area contributed by atoms with Gasteiger partial charge in [0, 0.05) is 11.8 Å². The van der Waals surface area contributed by atoms with E-state index < -0.39 is 59.6 Å². The van der Waals surface area contributed by atoms with Gasteiger partial charge in [-0.15, -0.1) is 0 Å². The molecule has 32 heavy (non-hydrogen) atoms. The number of fused-ring (bicyclic) bond motifs is 2. The summed E-state index contributed by atoms with van der Waals surface area (Å²) in [5, 5.41) is 0. The highest BCUT2D eigenvalue weighted by Gasteiger charge is 2.63. The highest BCUT2D eigenvalue weighted by Crippen LogP contribution is 2.55. The number of hydrogen-bond donors (Lipinski definition) is 0. The van der Waals surface area contributed by atoms with Gasteiger partial charge in [-0.1, -0.05) is 39.3 Å². The molecule has 2 fully saturated rings. The van der Waals surface area contributed by atoms with Crippen LogP contribution in [0.25, 0.3) is 0 Å². The highest BCUT2D eigenvalue weighted by molar-refractivity contribution is 5.80. The quantitative estimate of drug-likeness (QED) is 0.241. The zero-order valence-corrected chi connectivity index (χ0v) is 19.6. The maximum atomic E-state index is 13.4. The minimum atomic E-state index is -4.63. The molecular formula is C23H33F3O6. The first kappa shape index (κ1) is 26.2. The highest BCUT2D eigenvalue weighted by atomic mass is 19.4. The minimum absolute atomic E-state index is 0.273. The average Bonchev–Trinajstić information content (AvgIpc) is 3.13. The first-order valence-electron chi connectivity index (χ1n) is 10.7. The lowest BCUT2D eigenvalue weighted by atomic mass is 9.67. The zero-order valence-electron chi connectivity index (χ0n) is 19.6. The molecule has 7 unspecified atom stereocenters. The minimum Gasteiger partial charge on any atom is -0.460 e. The lowest BCUT2D eigenvalue weighted by Crippen LogP contribution is -2.50. The third-order valence-electron chi connectivity index (χ3n) is 7.08. The Hall–Kier alpha value is -2.06. The van der Waals surface area contributed by atoms with Crippen molar-refractivity contribution in [3.63, 3.8) is 0 Å². The number of halogens is 3. The predicted molar refractivity (Wildman–Crippen MR) is 109 cm³/mol. The van der Waals surface area contributed by atoms with Crippen molar-refractivity contribution in [1.29, 1.82) is 0 Å². The average molecular weight is 463 g/mol. The number of carbonyl (C=O) groups is 3. The van der Waals surface area contributed by atoms with Crippen molar-refractivity contribution < 1.29 is 41.8 Å². The van der Waals surface area contributed by atoms with Crippen LogP contribution in [0.2, 0.25) is 0 Å². The van der Waals surface area contributed by atoms with Crippen molar-refractivity contribution in [2.75, 3.05) is 6.61 Å². The molecule has 2 rings (SSSR count). The monoisotopic (exact) mass is 462 g/mol. The fourth-order valence-electron chi connectivity index (χ4n) is 5.03. The predicted octanol–water partition coefficient (Wildman–Crippen LogP) is 4.47. The fraction of sp³-hybridized carbons (Fsp3) is 0.783. The largest absolute Gasteiger partial charge is 0.460 e. The third-order valence-corrected chi connectivity index (χ3v) is 7.08. The summed E-state index contributed by atoms with van der Waals surface area (Å²) >= 11 is 0. The second-order valence-corrected chi connectivity index (χ2v) is 10.4. The van der Waals surface area contributed by atoms with Crippen LogP contribution in [0.15, 0.2) is 11.6 Å². The summed E-state index contributed by atoms with van der Waals surface area (Å²) in [5.74, 6) is -3.70. The molecule has 182 valence electrons. The number of alkyl halides is 3. The van der Waals surface area contributed by atoms with Crippen LogP contribution in [0.5, 0.6) is 0 Å². The smallest absolute Gasteiger partial charge is 0.422 e. The van der Waals surface area contributed by atoms with Crippen LogP contribution in [0.3, 0.4) is 0 Å². The number of hydrogen-bond acceptors (Lipinski definition) is 6. The number of rotatable bonds is 7. The Morgan fingerprint density at radius 2 is 1.62 bits per heavy atom. The SMILES string of the molecule is CC(C)=CC(C)(C(=O)OC1C2CC(C(C)C2C(=O)OCC(F)(F)F)C1OC=O)C(C)(C)C. The second-order valence-electron chi connectivity index (χ2n) is 10.4. The third kappa shape index (κ3) is 5.12. The Morgan fingerprint density at radius 1 is 1.03 bits per heavy atom. The van der Waals surface area contributed by atoms with Crippen LogP contribution in [0, 0.1) is 34.5 Å². The van der Waals surface area contributed by atoms with Gasteiger partial charge in [-0.2, -0.15) is 13.2 Å². The topological polar surface area (TPSA) is 78.9 Å². The Bertz CT molecular complexity index is 765. The standard InChI is InChI=1S/C23H33F3O6/c1-12(2)9-22(7,21(4,5)6)20(29)32-18-15-8-14(17(18)31-11-27)13(3)16(15)19(28)30-10-23(24,25)26/h9,11,13-18H,8,10H2,1-7H3. The van der Waals surface area contributed by atoms with E-state index in [1.807, 2.05) is 40.7 Å². The van der Waals surface area contributed by atoms with E-state index in [1.54, 1.807) is 13.8 Å². The van der Waals surface area contributed by atoms with E-state index in [1.165, 1.54) is 0 Å². The van der Waals surface area contributed by atoms with Gasteiger partial charge < -0.3 is 14.2 Å². The van der Waals surface area contributed by atoms with Gasteiger partial charge in [0.1, 0.15) is 12.2 Å². The summed E-state index contributed by atoms with van der Waals surface area (Å²) in [6.45, 7) is 11.5. The van der Waals surface area contributed by atoms with E-state index in [9.17, 15) is 27.6 Å². The van der Waals surface area contributed by atoms with Crippen LogP contribution in [0.4, 0.5) is 13.2 Å². The molecule has 0 saturated heterocycles. The first-order valence-corrected chi connectivity index (χ1v) is 10.7. The molecule has 0 heterocycles. The summed E-state index contributed by atoms with van der Waals surface area (Å²) in [4.78, 5) is 37.0. The second kappa shape index (κ2) is 9.06. The van der Waals surface area contributed by atoms with E-state index in [2.05, 4.69) is 4.74 Å². The molecule has 0 aromatic heterocycles. The molecule has 9 heteroatoms. The van der Waals surface area contributed by atoms with Gasteiger partial charge in [0.2, 0.25) is 0 Å². The number of allylic oxidation sites excluding steroid dienone is 1. The summed E-state index contributed by atoms with van der Waals surface area (Å²) in [6, 6.07) is 0. The van der Waals surface area contributed by atoms with Gasteiger partial charge in [0.25, 0.3) is 6.47 Å². The molecule has 0 aliphatic heterocycles. The van der Waals surface area contributed by atoms with Crippen molar-refractivity contribution in [1.82, 2.24) is 0 Å². The van der Waals surface area contributed by atoms with E-state index in [4.69, 9.17) is 9.47 Å². The Labute approximate surface area is 186 Å². The molecule has 2 aliphatic rings. The molecule has 0 aromatic carbocycles. The van der Waals surface area contributed by atoms with Crippen LogP contribution in [-0.4, -0.2) is 43.4 Å². The molecular weight excluding hydrogens is 429 g/mol. The van der Waals surface area contributed by atoms with Crippen molar-refractivity contribution in [2.45, 2.75) is 73.3 Å². The number of ether oxygens (including phenoxy) is 3. The molecule has 6 nitrogen and oxygen atoms in total. The molecule has 0 radical (unpaired) electrons. The van der Waals surface area contributed by atoms with Crippen molar-refractivity contribution in [3.8, 4) is 0 Å². The molecule has 2 saturated carbocycles. The summed E-state index contributed by atoms with van der Waals surface area (Å²) in [5.41, 5.74) is -0.620.